The van der Waals surface area contributed by atoms with E-state index in [-0.39, 0.29) is 5.78 Å². The Bertz CT molecular complexity index is 84.1. The molecule has 1 N–H and O–H groups in total. The van der Waals surface area contributed by atoms with E-state index in [0.29, 0.717) is 6.61 Å². The molecule has 0 rings (SSSR count). The third-order valence-electron chi connectivity index (χ3n) is 0.458. The van der Waals surface area contributed by atoms with Crippen molar-refractivity contribution in [1.29, 1.82) is 0 Å². The Balaban J connectivity index is 3.37. The van der Waals surface area contributed by atoms with Crippen LogP contribution in [0.2, 0.25) is 0 Å². The predicted octanol–water partition coefficient (Wildman–Crippen LogP) is 0.666. The van der Waals surface area contributed by atoms with Gasteiger partial charge in [0.25, 0.3) is 0 Å². The molecule has 7 heavy (non-hydrogen) atoms. The molecule has 2 nitrogen and oxygen atoms in total. The van der Waals surface area contributed by atoms with E-state index >= 15 is 0 Å². The van der Waals surface area contributed by atoms with Crippen LogP contribution in [-0.2, 0) is 4.79 Å². The molecule has 2 heteroatoms. The first-order valence-electron chi connectivity index (χ1n) is 1.95. The molecule has 0 spiro atoms. The third kappa shape index (κ3) is 3.19. The summed E-state index contributed by atoms with van der Waals surface area (Å²) in [6.07, 6.45) is 2.84. The zero-order valence-electron chi connectivity index (χ0n) is 4.09. The van der Waals surface area contributed by atoms with Gasteiger partial charge in [0.1, 0.15) is 6.61 Å². The molecule has 1 radical (unpaired) electrons. The maximum atomic E-state index is 10.0. The van der Waals surface area contributed by atoms with Gasteiger partial charge in [-0.15, -0.1) is 0 Å². The zero-order chi connectivity index (χ0) is 5.70. The Morgan fingerprint density at radius 2 is 2.29 bits per heavy atom. The maximum absolute atomic E-state index is 10.0. The van der Waals surface area contributed by atoms with Gasteiger partial charge in [0, 0.05) is 0 Å². The van der Waals surface area contributed by atoms with Gasteiger partial charge in [-0.1, -0.05) is 6.08 Å². The molecule has 0 aliphatic carbocycles. The summed E-state index contributed by atoms with van der Waals surface area (Å²) < 4.78 is 0. The lowest BCUT2D eigenvalue weighted by Gasteiger charge is -1.76. The number of allylic oxidation sites excluding steroid dienone is 1. The Labute approximate surface area is 42.5 Å². The van der Waals surface area contributed by atoms with Crippen molar-refractivity contribution in [2.75, 3.05) is 0 Å². The van der Waals surface area contributed by atoms with Crippen LogP contribution in [0.15, 0.2) is 12.2 Å². The van der Waals surface area contributed by atoms with Gasteiger partial charge < -0.3 is 5.11 Å². The molecule has 0 atom stereocenters. The zero-order valence-corrected chi connectivity index (χ0v) is 4.09. The Hall–Kier alpha value is -0.630. The fourth-order valence-corrected chi connectivity index (χ4v) is 0.207. The third-order valence-corrected chi connectivity index (χ3v) is 0.458. The standard InChI is InChI=1S/C5H7O2/c1-2-3-5(7)4-6/h2-4,6H,1H3. The van der Waals surface area contributed by atoms with E-state index in [1.807, 2.05) is 0 Å². The monoisotopic (exact) mass is 99.0 g/mol. The van der Waals surface area contributed by atoms with E-state index in [9.17, 15) is 4.79 Å². The van der Waals surface area contributed by atoms with Crippen molar-refractivity contribution >= 4 is 5.78 Å². The fourth-order valence-electron chi connectivity index (χ4n) is 0.207. The van der Waals surface area contributed by atoms with Crippen LogP contribution in [-0.4, -0.2) is 10.9 Å². The van der Waals surface area contributed by atoms with Gasteiger partial charge in [-0.3, -0.25) is 4.79 Å². The summed E-state index contributed by atoms with van der Waals surface area (Å²) in [6, 6.07) is 0. The number of aliphatic hydroxyl groups is 1. The Kier molecular flexibility index (Phi) is 3.24. The average molecular weight is 99.1 g/mol. The molecule has 0 saturated carbocycles. The highest BCUT2D eigenvalue weighted by atomic mass is 16.3. The summed E-state index contributed by atoms with van der Waals surface area (Å²) in [4.78, 5) is 10.0. The first-order valence-corrected chi connectivity index (χ1v) is 1.95. The van der Waals surface area contributed by atoms with Crippen LogP contribution in [0.4, 0.5) is 0 Å². The molecule has 0 unspecified atom stereocenters. The Morgan fingerprint density at radius 1 is 1.71 bits per heavy atom. The van der Waals surface area contributed by atoms with Crippen LogP contribution in [0.1, 0.15) is 6.92 Å². The maximum Gasteiger partial charge on any atom is 0.186 e. The van der Waals surface area contributed by atoms with Crippen LogP contribution >= 0.6 is 0 Å². The smallest absolute Gasteiger partial charge is 0.186 e. The molecule has 0 aromatic carbocycles. The van der Waals surface area contributed by atoms with E-state index < -0.39 is 0 Å². The van der Waals surface area contributed by atoms with Crippen LogP contribution in [0.5, 0.6) is 0 Å². The minimum Gasteiger partial charge on any atom is -0.382 e. The van der Waals surface area contributed by atoms with Crippen molar-refractivity contribution in [2.24, 2.45) is 0 Å². The molecular weight excluding hydrogens is 92.1 g/mol. The summed E-state index contributed by atoms with van der Waals surface area (Å²) >= 11 is 0. The molecule has 0 heterocycles. The van der Waals surface area contributed by atoms with Crippen LogP contribution < -0.4 is 0 Å². The molecular formula is C5H7O2. The second-order valence-corrected chi connectivity index (χ2v) is 1.03. The summed E-state index contributed by atoms with van der Waals surface area (Å²) in [5.41, 5.74) is 0. The van der Waals surface area contributed by atoms with Gasteiger partial charge in [0.2, 0.25) is 0 Å². The van der Waals surface area contributed by atoms with E-state index in [1.165, 1.54) is 6.08 Å². The molecule has 0 saturated heterocycles. The van der Waals surface area contributed by atoms with Crippen molar-refractivity contribution in [3.63, 3.8) is 0 Å². The van der Waals surface area contributed by atoms with Crippen LogP contribution in [0, 0.1) is 6.61 Å². The fraction of sp³-hybridized carbons (Fsp3) is 0.200. The second-order valence-electron chi connectivity index (χ2n) is 1.03. The molecule has 0 aliphatic heterocycles. The number of carbonyl (C=O) groups excluding carboxylic acids is 1. The number of hydrogen-bond acceptors (Lipinski definition) is 2. The van der Waals surface area contributed by atoms with Crippen molar-refractivity contribution in [3.05, 3.63) is 18.8 Å². The van der Waals surface area contributed by atoms with Crippen molar-refractivity contribution in [1.82, 2.24) is 0 Å². The summed E-state index contributed by atoms with van der Waals surface area (Å²) in [5.74, 6) is -0.373. The van der Waals surface area contributed by atoms with E-state index in [0.717, 1.165) is 0 Å². The lowest BCUT2D eigenvalue weighted by atomic mass is 10.4. The van der Waals surface area contributed by atoms with E-state index in [2.05, 4.69) is 0 Å². The second kappa shape index (κ2) is 3.56. The lowest BCUT2D eigenvalue weighted by Crippen LogP contribution is -1.89. The van der Waals surface area contributed by atoms with Gasteiger partial charge in [-0.05, 0) is 13.0 Å². The number of ketones is 1. The number of rotatable bonds is 2. The predicted molar refractivity (Wildman–Crippen MR) is 26.1 cm³/mol. The van der Waals surface area contributed by atoms with Crippen LogP contribution in [0.3, 0.4) is 0 Å². The first-order chi connectivity index (χ1) is 3.31. The highest BCUT2D eigenvalue weighted by Crippen LogP contribution is 1.76. The average Bonchev–Trinajstić information content (AvgIpc) is 1.68. The van der Waals surface area contributed by atoms with Gasteiger partial charge in [0.15, 0.2) is 5.78 Å². The topological polar surface area (TPSA) is 37.3 Å². The molecule has 0 amide bonds. The SMILES string of the molecule is CC=CC(=O)[CH]O. The van der Waals surface area contributed by atoms with Crippen LogP contribution in [0.25, 0.3) is 0 Å². The summed E-state index contributed by atoms with van der Waals surface area (Å²) in [6.45, 7) is 2.24. The van der Waals surface area contributed by atoms with Gasteiger partial charge in [-0.2, -0.15) is 0 Å². The quantitative estimate of drug-likeness (QED) is 0.516. The number of carbonyl (C=O) groups is 1. The Morgan fingerprint density at radius 3 is 2.43 bits per heavy atom. The lowest BCUT2D eigenvalue weighted by molar-refractivity contribution is -0.114. The number of aliphatic hydroxyl groups excluding tert-OH is 1. The highest BCUT2D eigenvalue weighted by Gasteiger charge is 1.86. The summed E-state index contributed by atoms with van der Waals surface area (Å²) in [7, 11) is 0. The summed E-state index contributed by atoms with van der Waals surface area (Å²) in [5, 5.41) is 7.94. The minimum absolute atomic E-state index is 0.373. The molecule has 0 aromatic rings. The molecule has 0 aliphatic rings. The van der Waals surface area contributed by atoms with E-state index in [1.54, 1.807) is 13.0 Å². The van der Waals surface area contributed by atoms with E-state index in [4.69, 9.17) is 5.11 Å². The molecule has 0 fully saturated rings. The highest BCUT2D eigenvalue weighted by molar-refractivity contribution is 5.95. The van der Waals surface area contributed by atoms with Crippen molar-refractivity contribution in [2.45, 2.75) is 6.92 Å². The van der Waals surface area contributed by atoms with Gasteiger partial charge >= 0.3 is 0 Å². The normalized spacial score (nSPS) is 10.0. The van der Waals surface area contributed by atoms with Crippen molar-refractivity contribution in [3.8, 4) is 0 Å². The van der Waals surface area contributed by atoms with Gasteiger partial charge in [0.05, 0.1) is 0 Å². The minimum atomic E-state index is -0.373. The van der Waals surface area contributed by atoms with Gasteiger partial charge in [-0.25, -0.2) is 0 Å². The molecule has 0 aromatic heterocycles. The first kappa shape index (κ1) is 6.37. The molecule has 39 valence electrons. The number of hydrogen-bond donors (Lipinski definition) is 1. The largest absolute Gasteiger partial charge is 0.382 e. The molecule has 0 bridgehead atoms. The van der Waals surface area contributed by atoms with Crippen molar-refractivity contribution < 1.29 is 9.90 Å².